The van der Waals surface area contributed by atoms with E-state index in [-0.39, 0.29) is 18.2 Å². The molecule has 5 nitrogen and oxygen atoms in total. The average molecular weight is 249 g/mol. The predicted molar refractivity (Wildman–Crippen MR) is 60.6 cm³/mol. The van der Waals surface area contributed by atoms with E-state index in [0.717, 1.165) is 25.7 Å². The molecule has 0 aromatic rings. The molecule has 16 heavy (non-hydrogen) atoms. The molecule has 0 heterocycles. The van der Waals surface area contributed by atoms with Gasteiger partial charge in [0, 0.05) is 6.04 Å². The SMILES string of the molecule is CC1CCCC(NS(=O)(=O)CCC(=O)O)C1. The van der Waals surface area contributed by atoms with E-state index in [2.05, 4.69) is 11.6 Å². The Kier molecular flexibility index (Phi) is 4.73. The molecule has 6 heteroatoms. The van der Waals surface area contributed by atoms with E-state index in [1.54, 1.807) is 0 Å². The van der Waals surface area contributed by atoms with Gasteiger partial charge in [0.05, 0.1) is 12.2 Å². The van der Waals surface area contributed by atoms with Gasteiger partial charge < -0.3 is 5.11 Å². The fraction of sp³-hybridized carbons (Fsp3) is 0.900. The molecule has 1 aliphatic rings. The number of carboxylic acid groups (broad SMARTS) is 1. The minimum atomic E-state index is -3.43. The Bertz CT molecular complexity index is 339. The summed E-state index contributed by atoms with van der Waals surface area (Å²) in [5.41, 5.74) is 0. The highest BCUT2D eigenvalue weighted by Gasteiger charge is 2.23. The number of hydrogen-bond acceptors (Lipinski definition) is 3. The van der Waals surface area contributed by atoms with Gasteiger partial charge in [-0.25, -0.2) is 13.1 Å². The first-order valence-corrected chi connectivity index (χ1v) is 7.26. The Labute approximate surface area is 96.3 Å². The minimum absolute atomic E-state index is 0.0115. The minimum Gasteiger partial charge on any atom is -0.481 e. The average Bonchev–Trinajstić information content (AvgIpc) is 2.14. The van der Waals surface area contributed by atoms with Crippen LogP contribution in [0.4, 0.5) is 0 Å². The highest BCUT2D eigenvalue weighted by Crippen LogP contribution is 2.23. The third-order valence-electron chi connectivity index (χ3n) is 2.87. The molecule has 0 radical (unpaired) electrons. The topological polar surface area (TPSA) is 83.5 Å². The lowest BCUT2D eigenvalue weighted by atomic mass is 9.88. The summed E-state index contributed by atoms with van der Waals surface area (Å²) in [6.45, 7) is 2.11. The molecule has 0 saturated heterocycles. The Morgan fingerprint density at radius 2 is 2.12 bits per heavy atom. The van der Waals surface area contributed by atoms with Gasteiger partial charge in [-0.3, -0.25) is 4.79 Å². The molecule has 0 aromatic heterocycles. The van der Waals surface area contributed by atoms with Crippen LogP contribution >= 0.6 is 0 Å². The second-order valence-corrected chi connectivity index (χ2v) is 6.42. The van der Waals surface area contributed by atoms with Crippen LogP contribution in [0.5, 0.6) is 0 Å². The van der Waals surface area contributed by atoms with E-state index in [1.165, 1.54) is 0 Å². The van der Waals surface area contributed by atoms with Crippen LogP contribution in [0.3, 0.4) is 0 Å². The maximum absolute atomic E-state index is 11.5. The van der Waals surface area contributed by atoms with Crippen molar-refractivity contribution < 1.29 is 18.3 Å². The fourth-order valence-electron chi connectivity index (χ4n) is 2.08. The van der Waals surface area contributed by atoms with Crippen LogP contribution in [0.15, 0.2) is 0 Å². The van der Waals surface area contributed by atoms with Gasteiger partial charge in [-0.2, -0.15) is 0 Å². The van der Waals surface area contributed by atoms with Crippen LogP contribution in [-0.2, 0) is 14.8 Å². The monoisotopic (exact) mass is 249 g/mol. The summed E-state index contributed by atoms with van der Waals surface area (Å²) in [6.07, 6.45) is 3.56. The third kappa shape index (κ3) is 4.94. The lowest BCUT2D eigenvalue weighted by Crippen LogP contribution is -2.39. The van der Waals surface area contributed by atoms with E-state index in [9.17, 15) is 13.2 Å². The second-order valence-electron chi connectivity index (χ2n) is 4.55. The summed E-state index contributed by atoms with van der Waals surface area (Å²) in [4.78, 5) is 10.3. The normalized spacial score (nSPS) is 26.6. The molecule has 0 spiro atoms. The Balaban J connectivity index is 2.42. The van der Waals surface area contributed by atoms with Gasteiger partial charge >= 0.3 is 5.97 Å². The van der Waals surface area contributed by atoms with E-state index in [4.69, 9.17) is 5.11 Å². The van der Waals surface area contributed by atoms with E-state index < -0.39 is 16.0 Å². The van der Waals surface area contributed by atoms with Crippen molar-refractivity contribution in [3.63, 3.8) is 0 Å². The smallest absolute Gasteiger partial charge is 0.304 e. The highest BCUT2D eigenvalue weighted by molar-refractivity contribution is 7.89. The number of hydrogen-bond donors (Lipinski definition) is 2. The number of aliphatic carboxylic acids is 1. The van der Waals surface area contributed by atoms with E-state index in [1.807, 2.05) is 0 Å². The van der Waals surface area contributed by atoms with Crippen LogP contribution in [-0.4, -0.2) is 31.3 Å². The molecule has 1 fully saturated rings. The van der Waals surface area contributed by atoms with Gasteiger partial charge in [0.15, 0.2) is 0 Å². The van der Waals surface area contributed by atoms with E-state index >= 15 is 0 Å². The summed E-state index contributed by atoms with van der Waals surface area (Å²) in [6, 6.07) is -0.0115. The molecule has 2 unspecified atom stereocenters. The summed E-state index contributed by atoms with van der Waals surface area (Å²) in [5.74, 6) is -0.865. The first-order chi connectivity index (χ1) is 7.39. The van der Waals surface area contributed by atoms with Gasteiger partial charge in [-0.05, 0) is 18.8 Å². The summed E-state index contributed by atoms with van der Waals surface area (Å²) < 4.78 is 25.7. The summed E-state index contributed by atoms with van der Waals surface area (Å²) in [7, 11) is -3.43. The first-order valence-electron chi connectivity index (χ1n) is 5.61. The van der Waals surface area contributed by atoms with Crippen molar-refractivity contribution in [2.24, 2.45) is 5.92 Å². The quantitative estimate of drug-likeness (QED) is 0.760. The zero-order valence-electron chi connectivity index (χ0n) is 9.48. The molecule has 1 saturated carbocycles. The van der Waals surface area contributed by atoms with Crippen LogP contribution in [0, 0.1) is 5.92 Å². The molecule has 1 aliphatic carbocycles. The Morgan fingerprint density at radius 1 is 1.44 bits per heavy atom. The lowest BCUT2D eigenvalue weighted by Gasteiger charge is -2.27. The second kappa shape index (κ2) is 5.63. The molecular formula is C10H19NO4S. The molecular weight excluding hydrogens is 230 g/mol. The van der Waals surface area contributed by atoms with Crippen molar-refractivity contribution in [3.05, 3.63) is 0 Å². The van der Waals surface area contributed by atoms with Crippen molar-refractivity contribution in [1.82, 2.24) is 4.72 Å². The lowest BCUT2D eigenvalue weighted by molar-refractivity contribution is -0.136. The van der Waals surface area contributed by atoms with Crippen LogP contribution in [0.2, 0.25) is 0 Å². The van der Waals surface area contributed by atoms with Gasteiger partial charge in [-0.1, -0.05) is 19.8 Å². The van der Waals surface area contributed by atoms with Gasteiger partial charge in [0.1, 0.15) is 0 Å². The van der Waals surface area contributed by atoms with Crippen LogP contribution in [0.1, 0.15) is 39.0 Å². The summed E-state index contributed by atoms with van der Waals surface area (Å²) >= 11 is 0. The number of rotatable bonds is 5. The number of carbonyl (C=O) groups is 1. The summed E-state index contributed by atoms with van der Waals surface area (Å²) in [5, 5.41) is 8.43. The molecule has 2 N–H and O–H groups in total. The van der Waals surface area contributed by atoms with Crippen LogP contribution < -0.4 is 4.72 Å². The van der Waals surface area contributed by atoms with Crippen LogP contribution in [0.25, 0.3) is 0 Å². The predicted octanol–water partition coefficient (Wildman–Crippen LogP) is 0.959. The van der Waals surface area contributed by atoms with Crippen molar-refractivity contribution in [2.45, 2.75) is 45.1 Å². The Morgan fingerprint density at radius 3 is 2.69 bits per heavy atom. The van der Waals surface area contributed by atoms with Crippen molar-refractivity contribution in [2.75, 3.05) is 5.75 Å². The van der Waals surface area contributed by atoms with Crippen molar-refractivity contribution in [1.29, 1.82) is 0 Å². The molecule has 1 rings (SSSR count). The molecule has 0 amide bonds. The molecule has 2 atom stereocenters. The Hall–Kier alpha value is -0.620. The van der Waals surface area contributed by atoms with Gasteiger partial charge in [-0.15, -0.1) is 0 Å². The van der Waals surface area contributed by atoms with Gasteiger partial charge in [0.2, 0.25) is 10.0 Å². The number of carboxylic acids is 1. The number of sulfonamides is 1. The van der Waals surface area contributed by atoms with E-state index in [0.29, 0.717) is 5.92 Å². The van der Waals surface area contributed by atoms with Crippen molar-refractivity contribution >= 4 is 16.0 Å². The molecule has 0 aromatic carbocycles. The third-order valence-corrected chi connectivity index (χ3v) is 4.30. The molecule has 0 bridgehead atoms. The zero-order valence-corrected chi connectivity index (χ0v) is 10.3. The van der Waals surface area contributed by atoms with Crippen molar-refractivity contribution in [3.8, 4) is 0 Å². The number of nitrogens with one attached hydrogen (secondary N) is 1. The first kappa shape index (κ1) is 13.4. The molecule has 0 aliphatic heterocycles. The molecule has 94 valence electrons. The highest BCUT2D eigenvalue weighted by atomic mass is 32.2. The maximum atomic E-state index is 11.5. The largest absolute Gasteiger partial charge is 0.481 e. The van der Waals surface area contributed by atoms with Gasteiger partial charge in [0.25, 0.3) is 0 Å². The fourth-order valence-corrected chi connectivity index (χ4v) is 3.36. The zero-order chi connectivity index (χ0) is 12.2. The standard InChI is InChI=1S/C10H19NO4S/c1-8-3-2-4-9(7-8)11-16(14,15)6-5-10(12)13/h8-9,11H,2-7H2,1H3,(H,12,13). The maximum Gasteiger partial charge on any atom is 0.304 e.